The van der Waals surface area contributed by atoms with Gasteiger partial charge in [-0.05, 0) is 267 Å². The highest BCUT2D eigenvalue weighted by atomic mass is 16.4. The number of benzene rings is 5. The summed E-state index contributed by atoms with van der Waals surface area (Å²) < 4.78 is 139. The van der Waals surface area contributed by atoms with Gasteiger partial charge in [0.2, 0.25) is 28.6 Å². The number of fused-ring (bicyclic) bond motifs is 15. The molecule has 20 aromatic rings. The van der Waals surface area contributed by atoms with Crippen LogP contribution >= 0.6 is 0 Å². The number of allylic oxidation sites excluding steroid dienone is 2. The van der Waals surface area contributed by atoms with Crippen molar-refractivity contribution < 1.29 is 61.4 Å². The smallest absolute Gasteiger partial charge is 0.443 e. The lowest BCUT2D eigenvalue weighted by Crippen LogP contribution is -2.65. The van der Waals surface area contributed by atoms with Gasteiger partial charge < -0.3 is 46.1 Å². The summed E-state index contributed by atoms with van der Waals surface area (Å²) in [5, 5.41) is 4.46. The van der Waals surface area contributed by atoms with Crippen LogP contribution < -0.4 is 79.1 Å². The average molecular weight is 1890 g/mol. The number of pyridine rings is 10. The Morgan fingerprint density at radius 1 is 0.280 bits per heavy atom. The molecule has 0 bridgehead atoms. The topological polar surface area (TPSA) is 166 Å². The molecule has 0 saturated heterocycles. The molecule has 0 amide bonds. The van der Waals surface area contributed by atoms with E-state index < -0.39 is 34.3 Å². The number of rotatable bonds is 10. The number of aromatic nitrogens is 10. The summed E-state index contributed by atoms with van der Waals surface area (Å²) in [5.74, 6) is 0. The standard InChI is InChI=1S/3C24H23BN3O.2C23H21BN3O/c1-16-14-27(3)21(13-20(16)18-9-6-5-7-10-18)25-23-22(17(2)15-28(25)4)19-11-8-12-26-24(19)29-23;1-16-13-21(27(3)15-20(16)18-9-6-5-7-10-18)25-23-22(17(2)14-28(25)4)19-11-8-12-26-24(19)29-23;1-16-15-27(3)22(14-21(16)18-8-6-5-7-9-18)25-23-19(12-13-28(25)4)20-11-10-17(2)26-24(20)29-23;1-16-14-21(26(2)15-20(16)17-8-5-4-6-9-17)24-22-18(11-13-27(24)3)19-10-7-12-25-23(19)28-22;1-16-9-10-20-19-12-14-27(3)24(22(19)28-23(20)25-16)21-15-18(11-13-26(21)2)17-7-5-4-6-8-17/h3*5-15H,1-4H3;2*4-15H,1-3H3/q5*+1/i1D3,2D3;2D3;1D3;;. The molecule has 0 N–H and O–H groups in total. The SMILES string of the molecule is Cc1cc(B2c3oc4ncccc4c3C=CN2C)[n+](C)cc1-c1ccccc1.Cc1ccc2c3c(oc2n1)B(c1cc(-c2ccccc2)cc[n+]1C)N(C)C=C3.[2H]C([2H])([2H])C1=CN(C)B(c2cc(-c3ccccc3)c(C([2H])([2H])[2H])c[n+]2C)c2oc3ncccc3c21.[2H]C([2H])([2H])C1=CN(C)B(c2cc(C)c(-c3ccccc3)c[n+]2C)c2oc3ncccc3c21.[2H]C([2H])([2H])c1c[n+](C)c(B2c3oc4nc(C)ccc4c3C=CN2C)cc1-c1ccccc1. The van der Waals surface area contributed by atoms with E-state index in [0.717, 1.165) is 111 Å². The van der Waals surface area contributed by atoms with E-state index in [4.69, 9.17) is 38.5 Å². The Kier molecular flexibility index (Phi) is 21.3. The normalized spacial score (nSPS) is 15.0. The minimum atomic E-state index is -2.36. The minimum absolute atomic E-state index is 0.00252. The molecular formula is C118H111B5N15O5+5. The summed E-state index contributed by atoms with van der Waals surface area (Å²) in [5.41, 5.74) is 31.4. The highest BCUT2D eigenvalue weighted by Gasteiger charge is 2.47. The van der Waals surface area contributed by atoms with E-state index in [9.17, 15) is 0 Å². The molecule has 0 fully saturated rings. The first kappa shape index (κ1) is 79.2. The Bertz CT molecular complexity index is 9010. The molecule has 15 aromatic heterocycles. The maximum absolute atomic E-state index is 8.13. The lowest BCUT2D eigenvalue weighted by molar-refractivity contribution is -0.654. The number of furan rings is 5. The molecule has 20 heterocycles. The van der Waals surface area contributed by atoms with Gasteiger partial charge in [0.15, 0.2) is 59.0 Å². The minimum Gasteiger partial charge on any atom is -0.449 e. The van der Waals surface area contributed by atoms with Crippen LogP contribution in [-0.4, -0.2) is 118 Å². The van der Waals surface area contributed by atoms with Crippen molar-refractivity contribution in [2.45, 2.75) is 55.1 Å². The Hall–Kier alpha value is -16.7. The summed E-state index contributed by atoms with van der Waals surface area (Å²) in [4.78, 5) is 32.4. The van der Waals surface area contributed by atoms with Gasteiger partial charge in [0, 0.05) is 160 Å². The van der Waals surface area contributed by atoms with Gasteiger partial charge in [-0.3, -0.25) is 0 Å². The van der Waals surface area contributed by atoms with Gasteiger partial charge in [-0.1, -0.05) is 152 Å². The van der Waals surface area contributed by atoms with Gasteiger partial charge in [-0.25, -0.2) is 47.8 Å². The molecule has 0 unspecified atom stereocenters. The zero-order valence-corrected chi connectivity index (χ0v) is 82.0. The Balaban J connectivity index is 0.000000113. The van der Waals surface area contributed by atoms with Gasteiger partial charge in [0.1, 0.15) is 63.5 Å². The van der Waals surface area contributed by atoms with Crippen LogP contribution in [0.25, 0.3) is 141 Å². The number of hydrogen-bond acceptors (Lipinski definition) is 15. The van der Waals surface area contributed by atoms with E-state index in [0.29, 0.717) is 73.1 Å². The van der Waals surface area contributed by atoms with E-state index >= 15 is 0 Å². The Labute approximate surface area is 853 Å². The second kappa shape index (κ2) is 38.5. The number of hydrogen-bond donors (Lipinski definition) is 0. The highest BCUT2D eigenvalue weighted by molar-refractivity contribution is 6.84. The van der Waals surface area contributed by atoms with Crippen LogP contribution in [0.15, 0.2) is 351 Å². The predicted octanol–water partition coefficient (Wildman–Crippen LogP) is 14.3. The fourth-order valence-corrected chi connectivity index (χ4v) is 20.5. The molecule has 5 aliphatic heterocycles. The van der Waals surface area contributed by atoms with E-state index in [1.165, 1.54) is 39.0 Å². The molecule has 5 aliphatic rings. The molecule has 698 valence electrons. The fourth-order valence-electron chi connectivity index (χ4n) is 20.5. The molecule has 0 spiro atoms. The molecule has 5 aromatic carbocycles. The van der Waals surface area contributed by atoms with Crippen LogP contribution in [0.1, 0.15) is 91.6 Å². The third kappa shape index (κ3) is 17.5. The summed E-state index contributed by atoms with van der Waals surface area (Å²) >= 11 is 0. The lowest BCUT2D eigenvalue weighted by atomic mass is 9.51. The first-order chi connectivity index (χ1) is 74.2. The molecule has 0 radical (unpaired) electrons. The van der Waals surface area contributed by atoms with E-state index in [-0.39, 0.29) is 44.1 Å². The van der Waals surface area contributed by atoms with Gasteiger partial charge in [0.05, 0.1) is 0 Å². The summed E-state index contributed by atoms with van der Waals surface area (Å²) in [6.45, 7) is -1.97. The van der Waals surface area contributed by atoms with Crippen LogP contribution in [0.3, 0.4) is 0 Å². The molecule has 0 atom stereocenters. The van der Waals surface area contributed by atoms with Crippen molar-refractivity contribution in [2.75, 3.05) is 35.2 Å². The molecule has 0 aliphatic carbocycles. The van der Waals surface area contributed by atoms with Crippen LogP contribution in [0, 0.1) is 41.4 Å². The average Bonchev–Trinajstić information content (AvgIpc) is 1.75. The molecule has 25 rings (SSSR count). The first-order valence-corrected chi connectivity index (χ1v) is 47.6. The van der Waals surface area contributed by atoms with Crippen molar-refractivity contribution in [1.82, 2.24) is 49.0 Å². The molecule has 0 saturated carbocycles. The maximum atomic E-state index is 8.13. The zero-order chi connectivity index (χ0) is 109. The van der Waals surface area contributed by atoms with E-state index in [1.807, 2.05) is 197 Å². The summed E-state index contributed by atoms with van der Waals surface area (Å²) in [6.07, 6.45) is 30.8. The van der Waals surface area contributed by atoms with Crippen molar-refractivity contribution >= 4 is 175 Å². The van der Waals surface area contributed by atoms with Gasteiger partial charge in [-0.2, -0.15) is 0 Å². The third-order valence-electron chi connectivity index (χ3n) is 27.7. The fraction of sp³-hybridized carbons (Fsp3) is 0.153. The van der Waals surface area contributed by atoms with Crippen molar-refractivity contribution in [1.29, 1.82) is 0 Å². The Morgan fingerprint density at radius 2 is 0.601 bits per heavy atom. The Morgan fingerprint density at radius 3 is 0.986 bits per heavy atom. The van der Waals surface area contributed by atoms with E-state index in [1.54, 1.807) is 85.1 Å². The molecule has 25 heteroatoms. The molecule has 20 nitrogen and oxygen atoms in total. The highest BCUT2D eigenvalue weighted by Crippen LogP contribution is 2.35. The second-order valence-electron chi connectivity index (χ2n) is 37.2. The van der Waals surface area contributed by atoms with Crippen LogP contribution in [0.4, 0.5) is 0 Å². The van der Waals surface area contributed by atoms with Crippen molar-refractivity contribution in [3.05, 3.63) is 391 Å². The van der Waals surface area contributed by atoms with Crippen LogP contribution in [-0.2, 0) is 35.2 Å². The number of aryl methyl sites for hydroxylation is 11. The van der Waals surface area contributed by atoms with Crippen molar-refractivity contribution in [2.24, 2.45) is 35.2 Å². The number of nitrogens with zero attached hydrogens (tertiary/aromatic N) is 15. The monoisotopic (exact) mass is 1890 g/mol. The van der Waals surface area contributed by atoms with Crippen molar-refractivity contribution in [3.8, 4) is 55.6 Å². The van der Waals surface area contributed by atoms with Gasteiger partial charge in [-0.15, -0.1) is 0 Å². The third-order valence-corrected chi connectivity index (χ3v) is 27.7. The maximum Gasteiger partial charge on any atom is 0.443 e. The molecular weight excluding hydrogens is 1760 g/mol. The molecule has 143 heavy (non-hydrogen) atoms. The van der Waals surface area contributed by atoms with Crippen molar-refractivity contribution in [3.63, 3.8) is 0 Å². The summed E-state index contributed by atoms with van der Waals surface area (Å²) in [6, 6.07) is 82.4. The quantitative estimate of drug-likeness (QED) is 0.0937. The van der Waals surface area contributed by atoms with Crippen LogP contribution in [0.5, 0.6) is 0 Å². The first-order valence-electron chi connectivity index (χ1n) is 53.6. The lowest BCUT2D eigenvalue weighted by Gasteiger charge is -2.26. The largest absolute Gasteiger partial charge is 0.449 e. The zero-order valence-electron chi connectivity index (χ0n) is 94.0. The van der Waals surface area contributed by atoms with Gasteiger partial charge >= 0.3 is 34.2 Å². The second-order valence-corrected chi connectivity index (χ2v) is 37.2. The predicted molar refractivity (Wildman–Crippen MR) is 582 cm³/mol. The summed E-state index contributed by atoms with van der Waals surface area (Å²) in [7, 11) is 19.7. The van der Waals surface area contributed by atoms with Crippen LogP contribution in [0.2, 0.25) is 0 Å². The van der Waals surface area contributed by atoms with Gasteiger partial charge in [0.25, 0.3) is 0 Å². The van der Waals surface area contributed by atoms with E-state index in [2.05, 4.69) is 235 Å².